The fourth-order valence-electron chi connectivity index (χ4n) is 5.88. The fourth-order valence-corrected chi connectivity index (χ4v) is 6.71. The van der Waals surface area contributed by atoms with Crippen LogP contribution in [0.15, 0.2) is 112 Å². The number of nitrogens with one attached hydrogen (secondary N) is 1. The van der Waals surface area contributed by atoms with Gasteiger partial charge in [0.25, 0.3) is 5.91 Å². The molecular formula is C38H39F3N6O3S. The number of nitrogens with zero attached hydrogens (tertiary/aromatic N) is 5. The van der Waals surface area contributed by atoms with Gasteiger partial charge in [-0.05, 0) is 79.2 Å². The number of anilines is 1. The van der Waals surface area contributed by atoms with Crippen molar-refractivity contribution in [3.63, 3.8) is 0 Å². The van der Waals surface area contributed by atoms with Crippen molar-refractivity contribution in [2.45, 2.75) is 54.9 Å². The third-order valence-electron chi connectivity index (χ3n) is 8.60. The molecule has 13 heteroatoms. The van der Waals surface area contributed by atoms with E-state index in [1.54, 1.807) is 34.9 Å². The Hall–Kier alpha value is -4.97. The van der Waals surface area contributed by atoms with Crippen molar-refractivity contribution >= 4 is 29.3 Å². The standard InChI is InChI=1S/C38H39F3N6O3S/c1-25-22-47(26(2)21-43-45-42)37(49)32-10-7-11-33(44-35(48)20-27-12-16-29(17-13-27)38(39,40)41)36(32)50-34(25)24-46(3)23-28-14-18-31(19-15-28)51-30-8-5-4-6-9-30/h4-19,25-26,34H,20-24H2,1-3H3,(H,44,48)/t25-,26+,34-/m1/s1. The lowest BCUT2D eigenvalue weighted by atomic mass is 9.98. The first kappa shape index (κ1) is 37.3. The Morgan fingerprint density at radius 3 is 2.35 bits per heavy atom. The van der Waals surface area contributed by atoms with E-state index in [1.165, 1.54) is 12.1 Å². The van der Waals surface area contributed by atoms with Crippen LogP contribution in [0.25, 0.3) is 10.4 Å². The molecule has 0 aliphatic carbocycles. The highest BCUT2D eigenvalue weighted by Gasteiger charge is 2.35. The summed E-state index contributed by atoms with van der Waals surface area (Å²) in [6.45, 7) is 5.36. The third kappa shape index (κ3) is 10.1. The Kier molecular flexibility index (Phi) is 12.3. The number of fused-ring (bicyclic) bond motifs is 1. The summed E-state index contributed by atoms with van der Waals surface area (Å²) >= 11 is 1.69. The van der Waals surface area contributed by atoms with Crippen molar-refractivity contribution in [2.24, 2.45) is 11.0 Å². The molecule has 9 nitrogen and oxygen atoms in total. The van der Waals surface area contributed by atoms with Crippen LogP contribution in [0.5, 0.6) is 5.75 Å². The Bertz CT molecular complexity index is 1850. The van der Waals surface area contributed by atoms with Crippen molar-refractivity contribution in [2.75, 3.05) is 32.0 Å². The van der Waals surface area contributed by atoms with Crippen LogP contribution in [0.1, 0.15) is 40.9 Å². The van der Waals surface area contributed by atoms with Crippen LogP contribution >= 0.6 is 11.8 Å². The summed E-state index contributed by atoms with van der Waals surface area (Å²) in [5, 5.41) is 6.52. The maximum atomic E-state index is 14.0. The molecular weight excluding hydrogens is 678 g/mol. The van der Waals surface area contributed by atoms with E-state index in [2.05, 4.69) is 56.6 Å². The van der Waals surface area contributed by atoms with Crippen molar-refractivity contribution in [1.29, 1.82) is 0 Å². The largest absolute Gasteiger partial charge is 0.486 e. The molecule has 266 valence electrons. The number of carbonyl (C=O) groups is 2. The van der Waals surface area contributed by atoms with E-state index in [0.29, 0.717) is 25.2 Å². The van der Waals surface area contributed by atoms with Crippen molar-refractivity contribution in [3.8, 4) is 5.75 Å². The lowest BCUT2D eigenvalue weighted by molar-refractivity contribution is -0.137. The summed E-state index contributed by atoms with van der Waals surface area (Å²) < 4.78 is 45.8. The Morgan fingerprint density at radius 2 is 1.69 bits per heavy atom. The van der Waals surface area contributed by atoms with E-state index in [0.717, 1.165) is 27.5 Å². The number of hydrogen-bond acceptors (Lipinski definition) is 6. The first-order chi connectivity index (χ1) is 24.4. The molecule has 1 aliphatic heterocycles. The molecule has 4 aromatic rings. The van der Waals surface area contributed by atoms with Gasteiger partial charge in [0.05, 0.1) is 23.2 Å². The molecule has 51 heavy (non-hydrogen) atoms. The van der Waals surface area contributed by atoms with E-state index < -0.39 is 29.8 Å². The first-order valence-corrected chi connectivity index (χ1v) is 17.3. The molecule has 0 radical (unpaired) electrons. The normalized spacial score (nSPS) is 16.7. The van der Waals surface area contributed by atoms with Crippen LogP contribution in [0.2, 0.25) is 0 Å². The second-order valence-electron chi connectivity index (χ2n) is 12.7. The molecule has 0 unspecified atom stereocenters. The van der Waals surface area contributed by atoms with E-state index in [9.17, 15) is 22.8 Å². The van der Waals surface area contributed by atoms with Crippen LogP contribution in [-0.2, 0) is 23.9 Å². The quantitative estimate of drug-likeness (QED) is 0.0896. The highest BCUT2D eigenvalue weighted by atomic mass is 32.2. The predicted octanol–water partition coefficient (Wildman–Crippen LogP) is 8.71. The summed E-state index contributed by atoms with van der Waals surface area (Å²) in [5.41, 5.74) is 10.2. The SMILES string of the molecule is C[C@@H]1CN([C@@H](C)CN=[N+]=[N-])C(=O)c2cccc(NC(=O)Cc3ccc(C(F)(F)F)cc3)c2O[C@@H]1CN(C)Cc1ccc(Sc2ccccc2)cc1. The lowest BCUT2D eigenvalue weighted by Crippen LogP contribution is -2.49. The number of benzene rings is 4. The molecule has 4 aromatic carbocycles. The van der Waals surface area contributed by atoms with Gasteiger partial charge in [-0.3, -0.25) is 14.5 Å². The molecule has 0 saturated carbocycles. The Labute approximate surface area is 299 Å². The minimum Gasteiger partial charge on any atom is -0.486 e. The van der Waals surface area contributed by atoms with Gasteiger partial charge >= 0.3 is 6.18 Å². The van der Waals surface area contributed by atoms with Gasteiger partial charge in [0, 0.05) is 52.8 Å². The molecule has 1 aliphatic rings. The summed E-state index contributed by atoms with van der Waals surface area (Å²) in [5.74, 6) is -0.780. The Morgan fingerprint density at radius 1 is 1.02 bits per heavy atom. The van der Waals surface area contributed by atoms with E-state index in [4.69, 9.17) is 10.3 Å². The summed E-state index contributed by atoms with van der Waals surface area (Å²) in [7, 11) is 1.99. The molecule has 0 spiro atoms. The molecule has 0 saturated heterocycles. The number of para-hydroxylation sites is 1. The second-order valence-corrected chi connectivity index (χ2v) is 13.9. The summed E-state index contributed by atoms with van der Waals surface area (Å²) in [4.78, 5) is 36.2. The zero-order valence-corrected chi connectivity index (χ0v) is 29.3. The van der Waals surface area contributed by atoms with Crippen molar-refractivity contribution in [3.05, 3.63) is 130 Å². The number of amides is 2. The summed E-state index contributed by atoms with van der Waals surface area (Å²) in [6, 6.07) is 27.5. The maximum absolute atomic E-state index is 14.0. The number of hydrogen-bond donors (Lipinski definition) is 1. The van der Waals surface area contributed by atoms with Gasteiger partial charge in [-0.2, -0.15) is 13.2 Å². The molecule has 2 amide bonds. The molecule has 5 rings (SSSR count). The van der Waals surface area contributed by atoms with E-state index in [-0.39, 0.29) is 41.8 Å². The number of carbonyl (C=O) groups excluding carboxylic acids is 2. The highest BCUT2D eigenvalue weighted by molar-refractivity contribution is 7.99. The first-order valence-electron chi connectivity index (χ1n) is 16.5. The topological polar surface area (TPSA) is 111 Å². The molecule has 1 heterocycles. The predicted molar refractivity (Wildman–Crippen MR) is 192 cm³/mol. The van der Waals surface area contributed by atoms with Gasteiger partial charge < -0.3 is 15.0 Å². The van der Waals surface area contributed by atoms with Gasteiger partial charge in [-0.15, -0.1) is 0 Å². The van der Waals surface area contributed by atoms with Crippen LogP contribution < -0.4 is 10.1 Å². The van der Waals surface area contributed by atoms with Gasteiger partial charge in [0.2, 0.25) is 5.91 Å². The zero-order valence-electron chi connectivity index (χ0n) is 28.5. The number of rotatable bonds is 12. The molecule has 0 bridgehead atoms. The van der Waals surface area contributed by atoms with Crippen LogP contribution in [0, 0.1) is 5.92 Å². The molecule has 0 aromatic heterocycles. The lowest BCUT2D eigenvalue weighted by Gasteiger charge is -2.38. The van der Waals surface area contributed by atoms with Crippen molar-refractivity contribution < 1.29 is 27.5 Å². The molecule has 3 atom stereocenters. The minimum absolute atomic E-state index is 0.0812. The van der Waals surface area contributed by atoms with Gasteiger partial charge in [-0.1, -0.05) is 72.3 Å². The molecule has 1 N–H and O–H groups in total. The summed E-state index contributed by atoms with van der Waals surface area (Å²) in [6.07, 6.45) is -5.08. The molecule has 0 fully saturated rings. The van der Waals surface area contributed by atoms with Crippen LogP contribution in [-0.4, -0.2) is 60.4 Å². The van der Waals surface area contributed by atoms with Crippen LogP contribution in [0.4, 0.5) is 18.9 Å². The number of halogens is 3. The average Bonchev–Trinajstić information content (AvgIpc) is 3.10. The Balaban J connectivity index is 1.36. The smallest absolute Gasteiger partial charge is 0.416 e. The van der Waals surface area contributed by atoms with Gasteiger partial charge in [0.1, 0.15) is 6.10 Å². The third-order valence-corrected chi connectivity index (χ3v) is 9.62. The minimum atomic E-state index is -4.48. The van der Waals surface area contributed by atoms with Gasteiger partial charge in [0.15, 0.2) is 5.75 Å². The van der Waals surface area contributed by atoms with E-state index in [1.807, 2.05) is 39.1 Å². The van der Waals surface area contributed by atoms with Crippen molar-refractivity contribution in [1.82, 2.24) is 9.80 Å². The second kappa shape index (κ2) is 16.8. The van der Waals surface area contributed by atoms with Crippen LogP contribution in [0.3, 0.4) is 0 Å². The van der Waals surface area contributed by atoms with Gasteiger partial charge in [-0.25, -0.2) is 0 Å². The average molecular weight is 717 g/mol. The number of likely N-dealkylation sites (N-methyl/N-ethyl adjacent to an activating group) is 1. The zero-order chi connectivity index (χ0) is 36.5. The maximum Gasteiger partial charge on any atom is 0.416 e. The monoisotopic (exact) mass is 716 g/mol. The number of alkyl halides is 3. The van der Waals surface area contributed by atoms with E-state index >= 15 is 0 Å². The highest BCUT2D eigenvalue weighted by Crippen LogP contribution is 2.36. The number of ether oxygens (including phenoxy) is 1. The number of azide groups is 1. The fraction of sp³-hybridized carbons (Fsp3) is 0.316.